The first-order chi connectivity index (χ1) is 18.3. The van der Waals surface area contributed by atoms with E-state index in [1.165, 1.54) is 6.07 Å². The molecule has 2 atom stereocenters. The summed E-state index contributed by atoms with van der Waals surface area (Å²) in [6.07, 6.45) is -3.63. The Kier molecular flexibility index (Phi) is 7.43. The number of alkyl halides is 3. The molecule has 1 amide bonds. The second-order valence-electron chi connectivity index (χ2n) is 9.66. The summed E-state index contributed by atoms with van der Waals surface area (Å²) in [5, 5.41) is 3.67. The van der Waals surface area contributed by atoms with Gasteiger partial charge >= 0.3 is 6.18 Å². The average molecular weight is 544 g/mol. The number of para-hydroxylation sites is 2. The Labute approximate surface area is 225 Å². The second-order valence-corrected chi connectivity index (χ2v) is 10.1. The normalized spacial score (nSPS) is 19.0. The highest BCUT2D eigenvalue weighted by molar-refractivity contribution is 6.33. The summed E-state index contributed by atoms with van der Waals surface area (Å²) in [5.74, 6) is 0.0646. The van der Waals surface area contributed by atoms with Gasteiger partial charge in [-0.3, -0.25) is 4.79 Å². The third-order valence-corrected chi connectivity index (χ3v) is 7.77. The van der Waals surface area contributed by atoms with Crippen molar-refractivity contribution in [1.82, 2.24) is 5.32 Å². The van der Waals surface area contributed by atoms with Gasteiger partial charge in [0.05, 0.1) is 35.3 Å². The number of methoxy groups -OCH3 is 1. The highest BCUT2D eigenvalue weighted by Crippen LogP contribution is 2.41. The zero-order chi connectivity index (χ0) is 26.9. The van der Waals surface area contributed by atoms with E-state index < -0.39 is 17.7 Å². The van der Waals surface area contributed by atoms with Gasteiger partial charge in [0.15, 0.2) is 0 Å². The molecule has 38 heavy (non-hydrogen) atoms. The SMILES string of the molecule is COc1ccccc1CCNC(=O)[C@H]1Cc2cc(C(F)(F)F)ccc2N2CCN(c3ccccc3Cl)C[C@@H]12. The lowest BCUT2D eigenvalue weighted by atomic mass is 9.82. The smallest absolute Gasteiger partial charge is 0.416 e. The molecule has 5 rings (SSSR count). The Balaban J connectivity index is 1.40. The summed E-state index contributed by atoms with van der Waals surface area (Å²) in [4.78, 5) is 17.8. The van der Waals surface area contributed by atoms with Crippen LogP contribution < -0.4 is 19.9 Å². The lowest BCUT2D eigenvalue weighted by molar-refractivity contribution is -0.137. The molecule has 0 spiro atoms. The maximum absolute atomic E-state index is 13.6. The summed E-state index contributed by atoms with van der Waals surface area (Å²) in [6.45, 7) is 2.14. The van der Waals surface area contributed by atoms with Gasteiger partial charge in [-0.1, -0.05) is 41.9 Å². The minimum atomic E-state index is -4.44. The van der Waals surface area contributed by atoms with Crippen LogP contribution in [0.25, 0.3) is 0 Å². The predicted octanol–water partition coefficient (Wildman–Crippen LogP) is 5.59. The molecule has 200 valence electrons. The number of hydrogen-bond donors (Lipinski definition) is 1. The number of halogens is 4. The van der Waals surface area contributed by atoms with E-state index in [2.05, 4.69) is 15.1 Å². The maximum atomic E-state index is 13.6. The monoisotopic (exact) mass is 543 g/mol. The summed E-state index contributed by atoms with van der Waals surface area (Å²) < 4.78 is 45.9. The van der Waals surface area contributed by atoms with E-state index in [9.17, 15) is 18.0 Å². The zero-order valence-corrected chi connectivity index (χ0v) is 21.7. The number of nitrogens with zero attached hydrogens (tertiary/aromatic N) is 2. The number of fused-ring (bicyclic) bond motifs is 3. The van der Waals surface area contributed by atoms with Crippen LogP contribution in [0.2, 0.25) is 5.02 Å². The van der Waals surface area contributed by atoms with Crippen LogP contribution in [-0.2, 0) is 23.8 Å². The number of amides is 1. The fourth-order valence-electron chi connectivity index (χ4n) is 5.59. The van der Waals surface area contributed by atoms with Gasteiger partial charge in [-0.2, -0.15) is 13.2 Å². The third-order valence-electron chi connectivity index (χ3n) is 7.46. The molecule has 2 aliphatic heterocycles. The van der Waals surface area contributed by atoms with Crippen LogP contribution in [-0.4, -0.2) is 45.2 Å². The van der Waals surface area contributed by atoms with E-state index in [0.717, 1.165) is 28.8 Å². The van der Waals surface area contributed by atoms with Crippen LogP contribution in [0.15, 0.2) is 66.7 Å². The quantitative estimate of drug-likeness (QED) is 0.440. The molecule has 3 aromatic rings. The van der Waals surface area contributed by atoms with Crippen molar-refractivity contribution in [3.8, 4) is 5.75 Å². The van der Waals surface area contributed by atoms with E-state index >= 15 is 0 Å². The van der Waals surface area contributed by atoms with Crippen molar-refractivity contribution in [2.45, 2.75) is 25.1 Å². The van der Waals surface area contributed by atoms with Crippen molar-refractivity contribution < 1.29 is 22.7 Å². The van der Waals surface area contributed by atoms with Crippen LogP contribution >= 0.6 is 11.6 Å². The van der Waals surface area contributed by atoms with Crippen LogP contribution in [0.4, 0.5) is 24.5 Å². The Bertz CT molecular complexity index is 1320. The highest BCUT2D eigenvalue weighted by Gasteiger charge is 2.43. The van der Waals surface area contributed by atoms with E-state index in [1.54, 1.807) is 13.2 Å². The van der Waals surface area contributed by atoms with Gasteiger partial charge < -0.3 is 19.9 Å². The van der Waals surface area contributed by atoms with Crippen LogP contribution in [0, 0.1) is 5.92 Å². The topological polar surface area (TPSA) is 44.8 Å². The average Bonchev–Trinajstić information content (AvgIpc) is 2.92. The first-order valence-corrected chi connectivity index (χ1v) is 13.0. The Hall–Kier alpha value is -3.39. The van der Waals surface area contributed by atoms with Crippen molar-refractivity contribution in [3.05, 3.63) is 88.4 Å². The molecule has 0 unspecified atom stereocenters. The highest BCUT2D eigenvalue weighted by atomic mass is 35.5. The van der Waals surface area contributed by atoms with Crippen LogP contribution in [0.3, 0.4) is 0 Å². The van der Waals surface area contributed by atoms with Gasteiger partial charge in [-0.05, 0) is 60.4 Å². The number of hydrogen-bond acceptors (Lipinski definition) is 4. The largest absolute Gasteiger partial charge is 0.496 e. The molecular formula is C29H29ClF3N3O2. The fraction of sp³-hybridized carbons (Fsp3) is 0.345. The molecule has 5 nitrogen and oxygen atoms in total. The maximum Gasteiger partial charge on any atom is 0.416 e. The second kappa shape index (κ2) is 10.8. The molecule has 0 aromatic heterocycles. The molecule has 0 radical (unpaired) electrons. The Morgan fingerprint density at radius 1 is 1.05 bits per heavy atom. The number of anilines is 2. The molecule has 2 aliphatic rings. The summed E-state index contributed by atoms with van der Waals surface area (Å²) >= 11 is 6.47. The number of rotatable bonds is 6. The lowest BCUT2D eigenvalue weighted by Gasteiger charge is -2.50. The molecule has 1 N–H and O–H groups in total. The van der Waals surface area contributed by atoms with Gasteiger partial charge in [0.25, 0.3) is 0 Å². The van der Waals surface area contributed by atoms with Crippen molar-refractivity contribution in [3.63, 3.8) is 0 Å². The molecule has 1 saturated heterocycles. The van der Waals surface area contributed by atoms with E-state index in [-0.39, 0.29) is 18.4 Å². The van der Waals surface area contributed by atoms with Crippen molar-refractivity contribution in [2.24, 2.45) is 5.92 Å². The molecule has 2 heterocycles. The van der Waals surface area contributed by atoms with Gasteiger partial charge in [-0.15, -0.1) is 0 Å². The molecular weight excluding hydrogens is 515 g/mol. The zero-order valence-electron chi connectivity index (χ0n) is 21.0. The van der Waals surface area contributed by atoms with Gasteiger partial charge in [0, 0.05) is 31.9 Å². The molecule has 0 saturated carbocycles. The van der Waals surface area contributed by atoms with E-state index in [1.807, 2.05) is 48.5 Å². The molecule has 3 aromatic carbocycles. The van der Waals surface area contributed by atoms with Crippen molar-refractivity contribution in [1.29, 1.82) is 0 Å². The number of benzene rings is 3. The van der Waals surface area contributed by atoms with Crippen molar-refractivity contribution >= 4 is 28.9 Å². The number of ether oxygens (including phenoxy) is 1. The first-order valence-electron chi connectivity index (χ1n) is 12.6. The lowest BCUT2D eigenvalue weighted by Crippen LogP contribution is -2.61. The van der Waals surface area contributed by atoms with Gasteiger partial charge in [-0.25, -0.2) is 0 Å². The predicted molar refractivity (Wildman–Crippen MR) is 143 cm³/mol. The van der Waals surface area contributed by atoms with E-state index in [0.29, 0.717) is 43.2 Å². The molecule has 0 bridgehead atoms. The van der Waals surface area contributed by atoms with Crippen molar-refractivity contribution in [2.75, 3.05) is 43.1 Å². The van der Waals surface area contributed by atoms with Gasteiger partial charge in [0.1, 0.15) is 5.75 Å². The Morgan fingerprint density at radius 2 is 1.82 bits per heavy atom. The molecule has 9 heteroatoms. The molecule has 0 aliphatic carbocycles. The minimum absolute atomic E-state index is 0.168. The molecule has 1 fully saturated rings. The fourth-order valence-corrected chi connectivity index (χ4v) is 5.84. The van der Waals surface area contributed by atoms with E-state index in [4.69, 9.17) is 16.3 Å². The van der Waals surface area contributed by atoms with Crippen LogP contribution in [0.5, 0.6) is 5.75 Å². The van der Waals surface area contributed by atoms with Gasteiger partial charge in [0.2, 0.25) is 5.91 Å². The van der Waals surface area contributed by atoms with Crippen LogP contribution in [0.1, 0.15) is 16.7 Å². The summed E-state index contributed by atoms with van der Waals surface area (Å²) in [5.41, 5.74) is 2.48. The standard InChI is InChI=1S/C29H29ClF3N3O2/c1-38-27-9-5-2-6-19(27)12-13-34-28(37)22-17-20-16-21(29(31,32)33)10-11-24(20)36-15-14-35(18-26(22)36)25-8-4-3-7-23(25)30/h2-11,16,22,26H,12-15,17-18H2,1H3,(H,34,37)/t22-,26-/m0/s1. The number of carbonyl (C=O) groups excluding carboxylic acids is 1. The number of carbonyl (C=O) groups is 1. The Morgan fingerprint density at radius 3 is 2.58 bits per heavy atom. The summed E-state index contributed by atoms with van der Waals surface area (Å²) in [7, 11) is 1.61. The first kappa shape index (κ1) is 26.2. The summed E-state index contributed by atoms with van der Waals surface area (Å²) in [6, 6.07) is 18.9. The minimum Gasteiger partial charge on any atom is -0.496 e. The third kappa shape index (κ3) is 5.27. The number of piperazine rings is 1. The number of nitrogens with one attached hydrogen (secondary N) is 1.